The number of esters is 1. The van der Waals surface area contributed by atoms with E-state index >= 15 is 0 Å². The molecule has 0 heterocycles. The van der Waals surface area contributed by atoms with Crippen molar-refractivity contribution in [1.29, 1.82) is 0 Å². The maximum atomic E-state index is 12.2. The lowest BCUT2D eigenvalue weighted by Crippen LogP contribution is -2.13. The molecule has 0 bridgehead atoms. The summed E-state index contributed by atoms with van der Waals surface area (Å²) in [5.41, 5.74) is 1.45. The first-order valence-corrected chi connectivity index (χ1v) is 6.47. The summed E-state index contributed by atoms with van der Waals surface area (Å²) in [5.74, 6) is -0.430. The first-order valence-electron chi connectivity index (χ1n) is 6.47. The van der Waals surface area contributed by atoms with Crippen LogP contribution in [-0.4, -0.2) is 11.8 Å². The Hall–Kier alpha value is -2.42. The Morgan fingerprint density at radius 1 is 0.950 bits per heavy atom. The number of ether oxygens (including phenoxy) is 1. The van der Waals surface area contributed by atoms with Crippen LogP contribution in [0.4, 0.5) is 0 Å². The first kappa shape index (κ1) is 14.0. The van der Waals surface area contributed by atoms with Gasteiger partial charge in [0.2, 0.25) is 0 Å². The first-order chi connectivity index (χ1) is 9.66. The third-order valence-corrected chi connectivity index (χ3v) is 2.95. The summed E-state index contributed by atoms with van der Waals surface area (Å²) < 4.78 is 5.27. The lowest BCUT2D eigenvalue weighted by molar-refractivity contribution is -0.146. The molecule has 0 aromatic heterocycles. The van der Waals surface area contributed by atoms with E-state index in [1.54, 1.807) is 12.1 Å². The number of rotatable bonds is 5. The zero-order valence-corrected chi connectivity index (χ0v) is 11.3. The highest BCUT2D eigenvalue weighted by Gasteiger charge is 2.19. The molecule has 20 heavy (non-hydrogen) atoms. The molecule has 3 heteroatoms. The van der Waals surface area contributed by atoms with Gasteiger partial charge in [0.15, 0.2) is 5.78 Å². The van der Waals surface area contributed by atoms with Crippen molar-refractivity contribution in [2.75, 3.05) is 0 Å². The fourth-order valence-electron chi connectivity index (χ4n) is 2.01. The number of hydrogen-bond acceptors (Lipinski definition) is 3. The molecule has 2 rings (SSSR count). The molecular formula is C17H16O3. The fourth-order valence-corrected chi connectivity index (χ4v) is 2.01. The van der Waals surface area contributed by atoms with E-state index in [-0.39, 0.29) is 18.2 Å². The summed E-state index contributed by atoms with van der Waals surface area (Å²) in [4.78, 5) is 23.4. The number of Topliss-reactive ketones (excluding diaryl/α,β-unsaturated/α-hetero) is 1. The predicted molar refractivity (Wildman–Crippen MR) is 76.3 cm³/mol. The SMILES string of the molecule is CC(=O)OC(CC(=O)c1ccccc1)c1ccccc1. The van der Waals surface area contributed by atoms with Gasteiger partial charge in [-0.1, -0.05) is 60.7 Å². The Morgan fingerprint density at radius 3 is 2.05 bits per heavy atom. The van der Waals surface area contributed by atoms with E-state index in [0.29, 0.717) is 5.56 Å². The average Bonchev–Trinajstić information content (AvgIpc) is 2.48. The van der Waals surface area contributed by atoms with Crippen LogP contribution in [0.15, 0.2) is 60.7 Å². The highest BCUT2D eigenvalue weighted by molar-refractivity contribution is 5.96. The average molecular weight is 268 g/mol. The van der Waals surface area contributed by atoms with E-state index in [0.717, 1.165) is 5.56 Å². The highest BCUT2D eigenvalue weighted by atomic mass is 16.5. The van der Waals surface area contributed by atoms with Gasteiger partial charge in [0, 0.05) is 12.5 Å². The van der Waals surface area contributed by atoms with Crippen LogP contribution in [0.25, 0.3) is 0 Å². The van der Waals surface area contributed by atoms with Crippen LogP contribution in [0.3, 0.4) is 0 Å². The zero-order chi connectivity index (χ0) is 14.4. The van der Waals surface area contributed by atoms with E-state index in [4.69, 9.17) is 4.74 Å². The monoisotopic (exact) mass is 268 g/mol. The van der Waals surface area contributed by atoms with Gasteiger partial charge in [-0.05, 0) is 5.56 Å². The minimum atomic E-state index is -0.540. The molecule has 0 N–H and O–H groups in total. The Labute approximate surface area is 118 Å². The van der Waals surface area contributed by atoms with E-state index < -0.39 is 6.10 Å². The molecule has 1 unspecified atom stereocenters. The molecule has 3 nitrogen and oxygen atoms in total. The number of benzene rings is 2. The summed E-state index contributed by atoms with van der Waals surface area (Å²) in [6, 6.07) is 18.3. The predicted octanol–water partition coefficient (Wildman–Crippen LogP) is 3.56. The quantitative estimate of drug-likeness (QED) is 0.615. The Bertz CT molecular complexity index is 576. The van der Waals surface area contributed by atoms with Crippen molar-refractivity contribution < 1.29 is 14.3 Å². The molecule has 1 atom stereocenters. The van der Waals surface area contributed by atoms with Gasteiger partial charge in [0.1, 0.15) is 6.10 Å². The van der Waals surface area contributed by atoms with Crippen LogP contribution in [0.5, 0.6) is 0 Å². The van der Waals surface area contributed by atoms with Crippen LogP contribution in [0.1, 0.15) is 35.4 Å². The Kier molecular flexibility index (Phi) is 4.66. The molecular weight excluding hydrogens is 252 g/mol. The molecule has 0 aliphatic heterocycles. The van der Waals surface area contributed by atoms with Gasteiger partial charge in [-0.3, -0.25) is 9.59 Å². The maximum Gasteiger partial charge on any atom is 0.303 e. The second-order valence-corrected chi connectivity index (χ2v) is 4.50. The summed E-state index contributed by atoms with van der Waals surface area (Å²) >= 11 is 0. The molecule has 0 aliphatic rings. The molecule has 0 amide bonds. The largest absolute Gasteiger partial charge is 0.457 e. The fraction of sp³-hybridized carbons (Fsp3) is 0.176. The minimum absolute atomic E-state index is 0.0410. The van der Waals surface area contributed by atoms with Crippen LogP contribution < -0.4 is 0 Å². The third kappa shape index (κ3) is 3.79. The van der Waals surface area contributed by atoms with Gasteiger partial charge in [0.25, 0.3) is 0 Å². The van der Waals surface area contributed by atoms with Crippen molar-refractivity contribution >= 4 is 11.8 Å². The summed E-state index contributed by atoms with van der Waals surface area (Å²) in [5, 5.41) is 0. The molecule has 0 fully saturated rings. The summed E-state index contributed by atoms with van der Waals surface area (Å²) in [7, 11) is 0. The molecule has 0 aliphatic carbocycles. The number of carbonyl (C=O) groups is 2. The topological polar surface area (TPSA) is 43.4 Å². The van der Waals surface area contributed by atoms with Crippen LogP contribution in [-0.2, 0) is 9.53 Å². The van der Waals surface area contributed by atoms with Crippen molar-refractivity contribution in [3.8, 4) is 0 Å². The van der Waals surface area contributed by atoms with Crippen LogP contribution in [0.2, 0.25) is 0 Å². The van der Waals surface area contributed by atoms with Crippen molar-refractivity contribution in [1.82, 2.24) is 0 Å². The van der Waals surface area contributed by atoms with E-state index in [9.17, 15) is 9.59 Å². The van der Waals surface area contributed by atoms with Crippen LogP contribution in [0, 0.1) is 0 Å². The molecule has 0 saturated heterocycles. The van der Waals surface area contributed by atoms with E-state index in [1.807, 2.05) is 48.5 Å². The van der Waals surface area contributed by atoms with Gasteiger partial charge < -0.3 is 4.74 Å². The zero-order valence-electron chi connectivity index (χ0n) is 11.3. The second-order valence-electron chi connectivity index (χ2n) is 4.50. The van der Waals surface area contributed by atoms with Crippen molar-refractivity contribution in [2.45, 2.75) is 19.4 Å². The van der Waals surface area contributed by atoms with Crippen molar-refractivity contribution in [3.05, 3.63) is 71.8 Å². The normalized spacial score (nSPS) is 11.7. The van der Waals surface area contributed by atoms with Crippen molar-refractivity contribution in [3.63, 3.8) is 0 Å². The lowest BCUT2D eigenvalue weighted by Gasteiger charge is -2.16. The lowest BCUT2D eigenvalue weighted by atomic mass is 10.00. The van der Waals surface area contributed by atoms with Gasteiger partial charge >= 0.3 is 5.97 Å². The van der Waals surface area contributed by atoms with Gasteiger partial charge in [-0.15, -0.1) is 0 Å². The Morgan fingerprint density at radius 2 is 1.50 bits per heavy atom. The molecule has 0 spiro atoms. The van der Waals surface area contributed by atoms with E-state index in [1.165, 1.54) is 6.92 Å². The molecule has 0 saturated carbocycles. The van der Waals surface area contributed by atoms with Crippen molar-refractivity contribution in [2.24, 2.45) is 0 Å². The highest BCUT2D eigenvalue weighted by Crippen LogP contribution is 2.23. The Balaban J connectivity index is 2.16. The number of carbonyl (C=O) groups excluding carboxylic acids is 2. The molecule has 102 valence electrons. The molecule has 0 radical (unpaired) electrons. The number of ketones is 1. The minimum Gasteiger partial charge on any atom is -0.457 e. The second kappa shape index (κ2) is 6.66. The summed E-state index contributed by atoms with van der Waals surface area (Å²) in [6.07, 6.45) is -0.394. The van der Waals surface area contributed by atoms with Gasteiger partial charge in [-0.25, -0.2) is 0 Å². The van der Waals surface area contributed by atoms with E-state index in [2.05, 4.69) is 0 Å². The standard InChI is InChI=1S/C17H16O3/c1-13(18)20-17(15-10-6-3-7-11-15)12-16(19)14-8-4-2-5-9-14/h2-11,17H,12H2,1H3. The molecule has 2 aromatic carbocycles. The van der Waals surface area contributed by atoms with Gasteiger partial charge in [0.05, 0.1) is 6.42 Å². The smallest absolute Gasteiger partial charge is 0.303 e. The summed E-state index contributed by atoms with van der Waals surface area (Å²) in [6.45, 7) is 1.35. The maximum absolute atomic E-state index is 12.2. The van der Waals surface area contributed by atoms with Crippen LogP contribution >= 0.6 is 0 Å². The van der Waals surface area contributed by atoms with Gasteiger partial charge in [-0.2, -0.15) is 0 Å². The molecule has 2 aromatic rings. The third-order valence-electron chi connectivity index (χ3n) is 2.95. The number of hydrogen-bond donors (Lipinski definition) is 0.